The second-order valence-electron chi connectivity index (χ2n) is 6.47. The molecule has 0 N–H and O–H groups in total. The molecule has 0 spiro atoms. The predicted octanol–water partition coefficient (Wildman–Crippen LogP) is 4.42. The molecule has 2 aromatic carbocycles. The van der Waals surface area contributed by atoms with Crippen molar-refractivity contribution in [2.75, 3.05) is 33.9 Å². The number of nitrogens with zero attached hydrogens (tertiary/aromatic N) is 1. The Kier molecular flexibility index (Phi) is 7.69. The second kappa shape index (κ2) is 9.76. The highest BCUT2D eigenvalue weighted by molar-refractivity contribution is 5.38. The fourth-order valence-corrected chi connectivity index (χ4v) is 3.40. The number of hydrogen-bond acceptors (Lipinski definition) is 3. The number of halogens is 2. The van der Waals surface area contributed by atoms with Gasteiger partial charge >= 0.3 is 0 Å². The van der Waals surface area contributed by atoms with E-state index in [-0.39, 0.29) is 17.9 Å². The Labute approximate surface area is 154 Å². The van der Waals surface area contributed by atoms with Gasteiger partial charge < -0.3 is 9.57 Å². The lowest BCUT2D eigenvalue weighted by molar-refractivity contribution is -0.142. The molecule has 0 aliphatic rings. The lowest BCUT2D eigenvalue weighted by atomic mass is 9.85. The highest BCUT2D eigenvalue weighted by atomic mass is 19.1. The highest BCUT2D eigenvalue weighted by Crippen LogP contribution is 2.30. The number of aryl methyl sites for hydroxylation is 2. The van der Waals surface area contributed by atoms with Crippen molar-refractivity contribution in [3.63, 3.8) is 0 Å². The van der Waals surface area contributed by atoms with E-state index in [4.69, 9.17) is 9.57 Å². The SMILES string of the molecule is COCCN(CC(Cc1c(F)cccc1F)c1c(C)cccc1C)OC. The van der Waals surface area contributed by atoms with Crippen LogP contribution in [0.3, 0.4) is 0 Å². The molecule has 0 saturated carbocycles. The van der Waals surface area contributed by atoms with Crippen molar-refractivity contribution in [1.82, 2.24) is 5.06 Å². The minimum absolute atomic E-state index is 0.112. The van der Waals surface area contributed by atoms with Gasteiger partial charge in [-0.25, -0.2) is 8.78 Å². The van der Waals surface area contributed by atoms with Crippen molar-refractivity contribution in [2.24, 2.45) is 0 Å². The standard InChI is InChI=1S/C21H27F2NO2/c1-15-7-5-8-16(2)21(15)17(14-24(26-4)11-12-25-3)13-18-19(22)9-6-10-20(18)23/h5-10,17H,11-14H2,1-4H3. The second-order valence-corrected chi connectivity index (χ2v) is 6.47. The monoisotopic (exact) mass is 363 g/mol. The molecule has 0 aliphatic carbocycles. The first-order valence-corrected chi connectivity index (χ1v) is 8.74. The largest absolute Gasteiger partial charge is 0.383 e. The first kappa shape index (κ1) is 20.5. The van der Waals surface area contributed by atoms with Crippen molar-refractivity contribution >= 4 is 0 Å². The molecule has 0 saturated heterocycles. The van der Waals surface area contributed by atoms with Gasteiger partial charge in [0.15, 0.2) is 0 Å². The molecule has 1 atom stereocenters. The van der Waals surface area contributed by atoms with Crippen LogP contribution in [-0.4, -0.2) is 39.0 Å². The van der Waals surface area contributed by atoms with E-state index in [0.717, 1.165) is 16.7 Å². The molecule has 2 aromatic rings. The van der Waals surface area contributed by atoms with E-state index in [0.29, 0.717) is 19.7 Å². The lowest BCUT2D eigenvalue weighted by Gasteiger charge is -2.28. The number of hydroxylamine groups is 2. The maximum atomic E-state index is 14.2. The zero-order valence-electron chi connectivity index (χ0n) is 15.9. The maximum Gasteiger partial charge on any atom is 0.129 e. The molecule has 0 amide bonds. The average Bonchev–Trinajstić information content (AvgIpc) is 2.61. The Morgan fingerprint density at radius 1 is 0.962 bits per heavy atom. The van der Waals surface area contributed by atoms with Crippen molar-refractivity contribution in [1.29, 1.82) is 0 Å². The fraction of sp³-hybridized carbons (Fsp3) is 0.429. The van der Waals surface area contributed by atoms with Gasteiger partial charge in [0.2, 0.25) is 0 Å². The molecule has 0 aliphatic heterocycles. The summed E-state index contributed by atoms with van der Waals surface area (Å²) < 4.78 is 33.6. The van der Waals surface area contributed by atoms with Crippen molar-refractivity contribution < 1.29 is 18.4 Å². The van der Waals surface area contributed by atoms with Crippen LogP contribution in [0.15, 0.2) is 36.4 Å². The smallest absolute Gasteiger partial charge is 0.129 e. The summed E-state index contributed by atoms with van der Waals surface area (Å²) in [6.07, 6.45) is 0.261. The van der Waals surface area contributed by atoms with Gasteiger partial charge in [0, 0.05) is 31.7 Å². The number of benzene rings is 2. The van der Waals surface area contributed by atoms with Crippen LogP contribution >= 0.6 is 0 Å². The minimum atomic E-state index is -0.512. The molecule has 1 unspecified atom stereocenters. The van der Waals surface area contributed by atoms with Crippen molar-refractivity contribution in [3.8, 4) is 0 Å². The Morgan fingerprint density at radius 2 is 1.54 bits per heavy atom. The van der Waals surface area contributed by atoms with Crippen LogP contribution in [0.4, 0.5) is 8.78 Å². The molecule has 5 heteroatoms. The van der Waals surface area contributed by atoms with Crippen LogP contribution in [-0.2, 0) is 16.0 Å². The zero-order valence-corrected chi connectivity index (χ0v) is 15.9. The van der Waals surface area contributed by atoms with Crippen LogP contribution in [0.25, 0.3) is 0 Å². The normalized spacial score (nSPS) is 12.6. The van der Waals surface area contributed by atoms with E-state index < -0.39 is 11.6 Å². The van der Waals surface area contributed by atoms with Crippen LogP contribution in [0.2, 0.25) is 0 Å². The zero-order chi connectivity index (χ0) is 19.1. The topological polar surface area (TPSA) is 21.7 Å². The first-order valence-electron chi connectivity index (χ1n) is 8.74. The van der Waals surface area contributed by atoms with Crippen LogP contribution in [0.1, 0.15) is 28.2 Å². The summed E-state index contributed by atoms with van der Waals surface area (Å²) in [5, 5.41) is 1.78. The van der Waals surface area contributed by atoms with Gasteiger partial charge in [-0.1, -0.05) is 24.3 Å². The third-order valence-corrected chi connectivity index (χ3v) is 4.69. The van der Waals surface area contributed by atoms with Gasteiger partial charge in [-0.05, 0) is 49.1 Å². The van der Waals surface area contributed by atoms with Crippen LogP contribution < -0.4 is 0 Å². The van der Waals surface area contributed by atoms with Crippen LogP contribution in [0, 0.1) is 25.5 Å². The quantitative estimate of drug-likeness (QED) is 0.616. The van der Waals surface area contributed by atoms with E-state index in [9.17, 15) is 8.78 Å². The van der Waals surface area contributed by atoms with E-state index in [1.165, 1.54) is 18.2 Å². The number of ether oxygens (including phenoxy) is 1. The molecule has 0 radical (unpaired) electrons. The predicted molar refractivity (Wildman–Crippen MR) is 99.2 cm³/mol. The first-order chi connectivity index (χ1) is 12.5. The molecule has 142 valence electrons. The van der Waals surface area contributed by atoms with Crippen LogP contribution in [0.5, 0.6) is 0 Å². The van der Waals surface area contributed by atoms with E-state index >= 15 is 0 Å². The number of rotatable bonds is 9. The Morgan fingerprint density at radius 3 is 2.08 bits per heavy atom. The summed E-state index contributed by atoms with van der Waals surface area (Å²) in [4.78, 5) is 5.45. The third kappa shape index (κ3) is 5.10. The van der Waals surface area contributed by atoms with Gasteiger partial charge in [-0.3, -0.25) is 0 Å². The maximum absolute atomic E-state index is 14.2. The molecule has 2 rings (SSSR count). The summed E-state index contributed by atoms with van der Waals surface area (Å²) >= 11 is 0. The molecular formula is C21H27F2NO2. The molecule has 0 heterocycles. The molecule has 0 aromatic heterocycles. The summed E-state index contributed by atoms with van der Waals surface area (Å²) in [6.45, 7) is 5.66. The average molecular weight is 363 g/mol. The van der Waals surface area contributed by atoms with E-state index in [1.54, 1.807) is 19.3 Å². The lowest BCUT2D eigenvalue weighted by Crippen LogP contribution is -2.32. The number of hydrogen-bond donors (Lipinski definition) is 0. The van der Waals surface area contributed by atoms with E-state index in [2.05, 4.69) is 0 Å². The minimum Gasteiger partial charge on any atom is -0.383 e. The molecular weight excluding hydrogens is 336 g/mol. The van der Waals surface area contributed by atoms with Gasteiger partial charge in [0.25, 0.3) is 0 Å². The highest BCUT2D eigenvalue weighted by Gasteiger charge is 2.23. The van der Waals surface area contributed by atoms with E-state index in [1.807, 2.05) is 32.0 Å². The van der Waals surface area contributed by atoms with Crippen molar-refractivity contribution in [3.05, 3.63) is 70.3 Å². The summed E-state index contributed by atoms with van der Waals surface area (Å²) in [6, 6.07) is 10.0. The summed E-state index contributed by atoms with van der Waals surface area (Å²) in [5.74, 6) is -1.14. The number of methoxy groups -OCH3 is 1. The summed E-state index contributed by atoms with van der Waals surface area (Å²) in [5.41, 5.74) is 3.43. The van der Waals surface area contributed by atoms with Crippen molar-refractivity contribution in [2.45, 2.75) is 26.2 Å². The van der Waals surface area contributed by atoms with Gasteiger partial charge in [-0.15, -0.1) is 0 Å². The van der Waals surface area contributed by atoms with Gasteiger partial charge in [-0.2, -0.15) is 5.06 Å². The summed E-state index contributed by atoms with van der Waals surface area (Å²) in [7, 11) is 3.23. The molecule has 0 bridgehead atoms. The van der Waals surface area contributed by atoms with Gasteiger partial charge in [0.1, 0.15) is 11.6 Å². The fourth-order valence-electron chi connectivity index (χ4n) is 3.40. The Bertz CT molecular complexity index is 681. The molecule has 0 fully saturated rings. The Balaban J connectivity index is 2.38. The third-order valence-electron chi connectivity index (χ3n) is 4.69. The molecule has 26 heavy (non-hydrogen) atoms. The Hall–Kier alpha value is -1.82. The van der Waals surface area contributed by atoms with Gasteiger partial charge in [0.05, 0.1) is 13.7 Å². The molecule has 3 nitrogen and oxygen atoms in total.